The zero-order valence-corrected chi connectivity index (χ0v) is 12.9. The molecule has 1 rings (SSSR count). The number of nitrogens with two attached hydrogens (primary N) is 1. The van der Waals surface area contributed by atoms with Crippen molar-refractivity contribution in [3.63, 3.8) is 0 Å². The number of benzene rings is 1. The molecule has 0 atom stereocenters. The average molecular weight is 300 g/mol. The normalized spacial score (nSPS) is 11.9. The van der Waals surface area contributed by atoms with Crippen molar-refractivity contribution in [3.05, 3.63) is 23.8 Å². The molecule has 6 nitrogen and oxygen atoms in total. The van der Waals surface area contributed by atoms with Crippen LogP contribution in [0.15, 0.2) is 23.1 Å². The van der Waals surface area contributed by atoms with Crippen LogP contribution in [-0.4, -0.2) is 38.3 Å². The molecule has 0 aliphatic rings. The van der Waals surface area contributed by atoms with Gasteiger partial charge in [0.1, 0.15) is 5.75 Å². The molecule has 0 unspecified atom stereocenters. The van der Waals surface area contributed by atoms with Gasteiger partial charge in [-0.05, 0) is 44.5 Å². The lowest BCUT2D eigenvalue weighted by Crippen LogP contribution is -2.35. The Hall–Kier alpha value is -1.60. The minimum atomic E-state index is -3.72. The van der Waals surface area contributed by atoms with Crippen LogP contribution < -0.4 is 10.5 Å². The van der Waals surface area contributed by atoms with Gasteiger partial charge in [-0.1, -0.05) is 0 Å². The van der Waals surface area contributed by atoms with Gasteiger partial charge in [0.25, 0.3) is 0 Å². The van der Waals surface area contributed by atoms with Crippen LogP contribution in [0.4, 0.5) is 0 Å². The van der Waals surface area contributed by atoms with E-state index in [1.165, 1.54) is 19.2 Å². The molecular weight excluding hydrogens is 280 g/mol. The first-order valence-electron chi connectivity index (χ1n) is 6.16. The van der Waals surface area contributed by atoms with E-state index in [0.29, 0.717) is 11.3 Å². The average Bonchev–Trinajstić information content (AvgIpc) is 2.30. The molecule has 0 aliphatic heterocycles. The van der Waals surface area contributed by atoms with E-state index >= 15 is 0 Å². The zero-order valence-electron chi connectivity index (χ0n) is 12.1. The largest absolute Gasteiger partial charge is 0.491 e. The van der Waals surface area contributed by atoms with Crippen molar-refractivity contribution in [1.82, 2.24) is 4.31 Å². The Labute approximate surface area is 119 Å². The number of hydrogen-bond acceptors (Lipinski definition) is 4. The number of hydrogen-bond donors (Lipinski definition) is 1. The third kappa shape index (κ3) is 3.94. The summed E-state index contributed by atoms with van der Waals surface area (Å²) in [6, 6.07) is 4.59. The highest BCUT2D eigenvalue weighted by atomic mass is 32.2. The molecule has 0 aliphatic carbocycles. The summed E-state index contributed by atoms with van der Waals surface area (Å²) in [7, 11) is -2.41. The van der Waals surface area contributed by atoms with Gasteiger partial charge < -0.3 is 10.5 Å². The molecule has 1 amide bonds. The fraction of sp³-hybridized carbons (Fsp3) is 0.462. The van der Waals surface area contributed by atoms with Gasteiger partial charge in [-0.2, -0.15) is 4.31 Å². The van der Waals surface area contributed by atoms with Gasteiger partial charge in [0, 0.05) is 7.05 Å². The topological polar surface area (TPSA) is 89.7 Å². The van der Waals surface area contributed by atoms with Gasteiger partial charge in [0.05, 0.1) is 17.5 Å². The Kier molecular flexibility index (Phi) is 5.13. The number of ether oxygens (including phenoxy) is 1. The molecule has 1 aromatic carbocycles. The molecule has 0 fully saturated rings. The van der Waals surface area contributed by atoms with E-state index in [2.05, 4.69) is 0 Å². The predicted molar refractivity (Wildman–Crippen MR) is 76.0 cm³/mol. The summed E-state index contributed by atoms with van der Waals surface area (Å²) in [6.07, 6.45) is 0.00805. The predicted octanol–water partition coefficient (Wildman–Crippen LogP) is 0.888. The van der Waals surface area contributed by atoms with E-state index in [9.17, 15) is 13.2 Å². The summed E-state index contributed by atoms with van der Waals surface area (Å²) in [4.78, 5) is 10.9. The lowest BCUT2D eigenvalue weighted by Gasteiger charge is -2.17. The maximum absolute atomic E-state index is 12.2. The number of carbonyl (C=O) groups is 1. The van der Waals surface area contributed by atoms with Gasteiger partial charge >= 0.3 is 0 Å². The summed E-state index contributed by atoms with van der Waals surface area (Å²) in [6.45, 7) is 5.20. The van der Waals surface area contributed by atoms with E-state index in [0.717, 1.165) is 4.31 Å². The summed E-state index contributed by atoms with van der Waals surface area (Å²) < 4.78 is 30.9. The van der Waals surface area contributed by atoms with Gasteiger partial charge in [-0.15, -0.1) is 0 Å². The molecule has 0 spiro atoms. The SMILES string of the molecule is Cc1cc(S(=O)(=O)N(C)CC(N)=O)ccc1OC(C)C. The van der Waals surface area contributed by atoms with Gasteiger partial charge in [-0.25, -0.2) is 8.42 Å². The number of carbonyl (C=O) groups excluding carboxylic acids is 1. The van der Waals surface area contributed by atoms with Crippen LogP contribution in [0.2, 0.25) is 0 Å². The van der Waals surface area contributed by atoms with E-state index in [-0.39, 0.29) is 17.5 Å². The lowest BCUT2D eigenvalue weighted by molar-refractivity contribution is -0.118. The Balaban J connectivity index is 3.08. The Morgan fingerprint density at radius 2 is 2.00 bits per heavy atom. The molecule has 2 N–H and O–H groups in total. The van der Waals surface area contributed by atoms with Crippen LogP contribution in [0.5, 0.6) is 5.75 Å². The highest BCUT2D eigenvalue weighted by Gasteiger charge is 2.22. The summed E-state index contributed by atoms with van der Waals surface area (Å²) in [5.74, 6) is -0.0657. The van der Waals surface area contributed by atoms with Gasteiger partial charge in [0.15, 0.2) is 0 Å². The van der Waals surface area contributed by atoms with E-state index in [4.69, 9.17) is 10.5 Å². The molecule has 0 saturated carbocycles. The van der Waals surface area contributed by atoms with Crippen molar-refractivity contribution >= 4 is 15.9 Å². The van der Waals surface area contributed by atoms with Crippen molar-refractivity contribution in [2.24, 2.45) is 5.73 Å². The second-order valence-electron chi connectivity index (χ2n) is 4.82. The van der Waals surface area contributed by atoms with Crippen molar-refractivity contribution < 1.29 is 17.9 Å². The number of primary amides is 1. The molecule has 112 valence electrons. The van der Waals surface area contributed by atoms with Crippen molar-refractivity contribution in [1.29, 1.82) is 0 Å². The summed E-state index contributed by atoms with van der Waals surface area (Å²) in [5.41, 5.74) is 5.73. The van der Waals surface area contributed by atoms with E-state index in [1.54, 1.807) is 13.0 Å². The van der Waals surface area contributed by atoms with Gasteiger partial charge in [-0.3, -0.25) is 4.79 Å². The number of nitrogens with zero attached hydrogens (tertiary/aromatic N) is 1. The van der Waals surface area contributed by atoms with Crippen LogP contribution in [-0.2, 0) is 14.8 Å². The Bertz CT molecular complexity index is 596. The molecule has 0 heterocycles. The maximum Gasteiger partial charge on any atom is 0.243 e. The summed E-state index contributed by atoms with van der Waals surface area (Å²) in [5, 5.41) is 0. The van der Waals surface area contributed by atoms with E-state index in [1.807, 2.05) is 13.8 Å². The molecule has 7 heteroatoms. The number of rotatable bonds is 6. The van der Waals surface area contributed by atoms with Crippen LogP contribution >= 0.6 is 0 Å². The zero-order chi connectivity index (χ0) is 15.5. The molecule has 20 heavy (non-hydrogen) atoms. The second-order valence-corrected chi connectivity index (χ2v) is 6.87. The fourth-order valence-electron chi connectivity index (χ4n) is 1.65. The third-order valence-corrected chi connectivity index (χ3v) is 4.40. The number of likely N-dealkylation sites (N-methyl/N-ethyl adjacent to an activating group) is 1. The first kappa shape index (κ1) is 16.5. The molecular formula is C13H20N2O4S. The Morgan fingerprint density at radius 3 is 2.45 bits per heavy atom. The third-order valence-electron chi connectivity index (χ3n) is 2.60. The molecule has 0 radical (unpaired) electrons. The first-order valence-corrected chi connectivity index (χ1v) is 7.60. The lowest BCUT2D eigenvalue weighted by atomic mass is 10.2. The van der Waals surface area contributed by atoms with Crippen LogP contribution in [0.1, 0.15) is 19.4 Å². The smallest absolute Gasteiger partial charge is 0.243 e. The van der Waals surface area contributed by atoms with Crippen molar-refractivity contribution in [2.75, 3.05) is 13.6 Å². The first-order chi connectivity index (χ1) is 9.14. The number of aryl methyl sites for hydroxylation is 1. The van der Waals surface area contributed by atoms with Crippen LogP contribution in [0, 0.1) is 6.92 Å². The number of amides is 1. The maximum atomic E-state index is 12.2. The van der Waals surface area contributed by atoms with Crippen molar-refractivity contribution in [3.8, 4) is 5.75 Å². The summed E-state index contributed by atoms with van der Waals surface area (Å²) >= 11 is 0. The van der Waals surface area contributed by atoms with Crippen molar-refractivity contribution in [2.45, 2.75) is 31.8 Å². The quantitative estimate of drug-likeness (QED) is 0.844. The van der Waals surface area contributed by atoms with Crippen LogP contribution in [0.3, 0.4) is 0 Å². The molecule has 0 bridgehead atoms. The molecule has 0 aromatic heterocycles. The highest BCUT2D eigenvalue weighted by Crippen LogP contribution is 2.24. The fourth-order valence-corrected chi connectivity index (χ4v) is 2.88. The molecule has 0 saturated heterocycles. The number of sulfonamides is 1. The Morgan fingerprint density at radius 1 is 1.40 bits per heavy atom. The minimum Gasteiger partial charge on any atom is -0.491 e. The van der Waals surface area contributed by atoms with Gasteiger partial charge in [0.2, 0.25) is 15.9 Å². The second kappa shape index (κ2) is 6.23. The molecule has 1 aromatic rings. The monoisotopic (exact) mass is 300 g/mol. The van der Waals surface area contributed by atoms with Crippen LogP contribution in [0.25, 0.3) is 0 Å². The minimum absolute atomic E-state index is 0.00805. The highest BCUT2D eigenvalue weighted by molar-refractivity contribution is 7.89. The van der Waals surface area contributed by atoms with E-state index < -0.39 is 15.9 Å². The standard InChI is InChI=1S/C13H20N2O4S/c1-9(2)19-12-6-5-11(7-10(12)3)20(17,18)15(4)8-13(14)16/h5-7,9H,8H2,1-4H3,(H2,14,16).